The van der Waals surface area contributed by atoms with Crippen LogP contribution in [0.1, 0.15) is 19.3 Å². The zero-order chi connectivity index (χ0) is 18.2. The third-order valence-corrected chi connectivity index (χ3v) is 4.24. The topological polar surface area (TPSA) is 45.7 Å². The van der Waals surface area contributed by atoms with Gasteiger partial charge in [-0.3, -0.25) is 4.79 Å². The summed E-state index contributed by atoms with van der Waals surface area (Å²) >= 11 is 0. The van der Waals surface area contributed by atoms with Crippen LogP contribution >= 0.6 is 0 Å². The van der Waals surface area contributed by atoms with Gasteiger partial charge in [0, 0.05) is 32.0 Å². The van der Waals surface area contributed by atoms with E-state index in [9.17, 15) is 26.7 Å². The van der Waals surface area contributed by atoms with Gasteiger partial charge in [0.05, 0.1) is 24.5 Å². The highest BCUT2D eigenvalue weighted by Gasteiger charge is 2.44. The second-order valence-corrected chi connectivity index (χ2v) is 6.19. The fourth-order valence-electron chi connectivity index (χ4n) is 3.27. The maximum atomic E-state index is 14.1. The first-order valence-corrected chi connectivity index (χ1v) is 7.77. The molecule has 3 rings (SSSR count). The first-order valence-electron chi connectivity index (χ1n) is 7.77. The number of alkyl halides is 5. The van der Waals surface area contributed by atoms with Gasteiger partial charge in [-0.25, -0.2) is 13.8 Å². The minimum Gasteiger partial charge on any atom is -0.388 e. The fourth-order valence-corrected chi connectivity index (χ4v) is 3.27. The van der Waals surface area contributed by atoms with Gasteiger partial charge in [0.25, 0.3) is 5.92 Å². The summed E-state index contributed by atoms with van der Waals surface area (Å²) in [6.07, 6.45) is -3.23. The molecule has 1 atom stereocenters. The highest BCUT2D eigenvalue weighted by Crippen LogP contribution is 2.34. The summed E-state index contributed by atoms with van der Waals surface area (Å²) in [7, 11) is 0. The second kappa shape index (κ2) is 6.30. The average Bonchev–Trinajstić information content (AvgIpc) is 2.91. The number of carbonyl (C=O) groups excluding carboxylic acids is 1. The number of nitrogens with zero attached hydrogens (tertiary/aromatic N) is 3. The number of carbonyl (C=O) groups is 1. The van der Waals surface area contributed by atoms with Crippen LogP contribution in [0, 0.1) is 0 Å². The van der Waals surface area contributed by atoms with Crippen molar-refractivity contribution in [2.45, 2.75) is 37.6 Å². The van der Waals surface area contributed by atoms with E-state index in [1.54, 1.807) is 0 Å². The molecular formula is C15H16F5N3O2. The minimum absolute atomic E-state index is 0.144. The molecule has 0 aliphatic carbocycles. The lowest BCUT2D eigenvalue weighted by Crippen LogP contribution is -2.55. The summed E-state index contributed by atoms with van der Waals surface area (Å²) in [6, 6.07) is 1.59. The van der Waals surface area contributed by atoms with E-state index >= 15 is 0 Å². The predicted molar refractivity (Wildman–Crippen MR) is 77.4 cm³/mol. The summed E-state index contributed by atoms with van der Waals surface area (Å²) in [5, 5.41) is 0. The van der Waals surface area contributed by atoms with E-state index in [1.807, 2.05) is 0 Å². The summed E-state index contributed by atoms with van der Waals surface area (Å²) in [5.74, 6) is -3.81. The third-order valence-electron chi connectivity index (χ3n) is 4.24. The molecule has 0 radical (unpaired) electrons. The van der Waals surface area contributed by atoms with Crippen LogP contribution in [0.15, 0.2) is 18.3 Å². The number of amides is 1. The number of pyridine rings is 1. The Morgan fingerprint density at radius 2 is 2.04 bits per heavy atom. The largest absolute Gasteiger partial charge is 0.574 e. The Kier molecular flexibility index (Phi) is 4.46. The van der Waals surface area contributed by atoms with Gasteiger partial charge in [0.1, 0.15) is 0 Å². The van der Waals surface area contributed by atoms with Gasteiger partial charge in [0.15, 0.2) is 0 Å². The van der Waals surface area contributed by atoms with Crippen molar-refractivity contribution in [3.8, 4) is 5.88 Å². The lowest BCUT2D eigenvalue weighted by atomic mass is 10.0. The number of rotatable bonds is 3. The van der Waals surface area contributed by atoms with Crippen LogP contribution in [-0.2, 0) is 4.79 Å². The van der Waals surface area contributed by atoms with Crippen molar-refractivity contribution in [3.63, 3.8) is 0 Å². The Labute approximate surface area is 140 Å². The van der Waals surface area contributed by atoms with Gasteiger partial charge in [-0.15, -0.1) is 13.2 Å². The number of aromatic nitrogens is 1. The maximum absolute atomic E-state index is 14.1. The zero-order valence-corrected chi connectivity index (χ0v) is 13.1. The van der Waals surface area contributed by atoms with Crippen molar-refractivity contribution < 1.29 is 31.5 Å². The Bertz CT molecular complexity index is 635. The number of hydrogen-bond acceptors (Lipinski definition) is 4. The van der Waals surface area contributed by atoms with Crippen molar-refractivity contribution in [1.29, 1.82) is 0 Å². The number of halogens is 5. The quantitative estimate of drug-likeness (QED) is 0.773. The van der Waals surface area contributed by atoms with Crippen molar-refractivity contribution in [2.75, 3.05) is 24.5 Å². The SMILES string of the molecule is O=C1CCCN1[C@H]1CN(c2ccc(OC(F)(F)F)nc2)CC(F)(F)C1. The van der Waals surface area contributed by atoms with Gasteiger partial charge < -0.3 is 14.5 Å². The molecule has 1 amide bonds. The Hall–Kier alpha value is -2.13. The monoisotopic (exact) mass is 365 g/mol. The average molecular weight is 365 g/mol. The van der Waals surface area contributed by atoms with E-state index in [2.05, 4.69) is 9.72 Å². The van der Waals surface area contributed by atoms with Crippen molar-refractivity contribution in [1.82, 2.24) is 9.88 Å². The molecule has 0 saturated carbocycles. The number of likely N-dealkylation sites (tertiary alicyclic amines) is 1. The summed E-state index contributed by atoms with van der Waals surface area (Å²) in [4.78, 5) is 18.2. The van der Waals surface area contributed by atoms with Crippen molar-refractivity contribution in [3.05, 3.63) is 18.3 Å². The van der Waals surface area contributed by atoms with Crippen LogP contribution < -0.4 is 9.64 Å². The molecule has 0 aromatic carbocycles. The van der Waals surface area contributed by atoms with Gasteiger partial charge in [-0.2, -0.15) is 0 Å². The van der Waals surface area contributed by atoms with E-state index < -0.39 is 37.2 Å². The number of piperidine rings is 1. The van der Waals surface area contributed by atoms with Gasteiger partial charge >= 0.3 is 6.36 Å². The molecule has 5 nitrogen and oxygen atoms in total. The van der Waals surface area contributed by atoms with E-state index in [0.717, 1.165) is 12.3 Å². The molecule has 138 valence electrons. The van der Waals surface area contributed by atoms with Gasteiger partial charge in [-0.05, 0) is 12.5 Å². The van der Waals surface area contributed by atoms with Gasteiger partial charge in [-0.1, -0.05) is 0 Å². The van der Waals surface area contributed by atoms with Crippen LogP contribution in [0.2, 0.25) is 0 Å². The van der Waals surface area contributed by atoms with Crippen LogP contribution in [-0.4, -0.2) is 53.8 Å². The molecule has 1 aromatic rings. The van der Waals surface area contributed by atoms with Crippen LogP contribution in [0.25, 0.3) is 0 Å². The molecule has 2 aliphatic rings. The summed E-state index contributed by atoms with van der Waals surface area (Å²) < 4.78 is 68.3. The van der Waals surface area contributed by atoms with Crippen molar-refractivity contribution >= 4 is 11.6 Å². The molecule has 10 heteroatoms. The Morgan fingerprint density at radius 1 is 1.28 bits per heavy atom. The molecule has 2 saturated heterocycles. The van der Waals surface area contributed by atoms with Crippen LogP contribution in [0.5, 0.6) is 5.88 Å². The molecule has 2 fully saturated rings. The first kappa shape index (κ1) is 17.7. The third kappa shape index (κ3) is 4.29. The molecule has 0 bridgehead atoms. The molecule has 2 aliphatic heterocycles. The highest BCUT2D eigenvalue weighted by atomic mass is 19.4. The minimum atomic E-state index is -4.87. The zero-order valence-electron chi connectivity index (χ0n) is 13.1. The molecule has 25 heavy (non-hydrogen) atoms. The van der Waals surface area contributed by atoms with Crippen LogP contribution in [0.4, 0.5) is 27.6 Å². The smallest absolute Gasteiger partial charge is 0.388 e. The number of hydrogen-bond donors (Lipinski definition) is 0. The van der Waals surface area contributed by atoms with E-state index in [1.165, 1.54) is 15.9 Å². The lowest BCUT2D eigenvalue weighted by Gasteiger charge is -2.42. The summed E-state index contributed by atoms with van der Waals surface area (Å²) in [6.45, 7) is 0.0548. The van der Waals surface area contributed by atoms with E-state index in [-0.39, 0.29) is 18.1 Å². The first-order chi connectivity index (χ1) is 11.6. The molecule has 3 heterocycles. The molecule has 0 spiro atoms. The normalized spacial score (nSPS) is 23.9. The lowest BCUT2D eigenvalue weighted by molar-refractivity contribution is -0.276. The molecule has 0 unspecified atom stereocenters. The fraction of sp³-hybridized carbons (Fsp3) is 0.600. The molecular weight excluding hydrogens is 349 g/mol. The second-order valence-electron chi connectivity index (χ2n) is 6.19. The number of ether oxygens (including phenoxy) is 1. The highest BCUT2D eigenvalue weighted by molar-refractivity contribution is 5.78. The molecule has 1 aromatic heterocycles. The molecule has 0 N–H and O–H groups in total. The van der Waals surface area contributed by atoms with E-state index in [4.69, 9.17) is 0 Å². The van der Waals surface area contributed by atoms with E-state index in [0.29, 0.717) is 19.4 Å². The predicted octanol–water partition coefficient (Wildman–Crippen LogP) is 2.82. The van der Waals surface area contributed by atoms with Crippen LogP contribution in [0.3, 0.4) is 0 Å². The summed E-state index contributed by atoms with van der Waals surface area (Å²) in [5.41, 5.74) is 0.255. The maximum Gasteiger partial charge on any atom is 0.574 e. The van der Waals surface area contributed by atoms with Crippen molar-refractivity contribution in [2.24, 2.45) is 0 Å². The standard InChI is InChI=1S/C15H16F5N3O2/c16-14(17)6-11(23-5-1-2-13(23)24)8-22(9-14)10-3-4-12(21-7-10)25-15(18,19)20/h3-4,7,11H,1-2,5-6,8-9H2/t11-/m1/s1. The Balaban J connectivity index is 1.75. The Morgan fingerprint density at radius 3 is 2.60 bits per heavy atom. The number of anilines is 1. The van der Waals surface area contributed by atoms with Gasteiger partial charge in [0.2, 0.25) is 11.8 Å².